The van der Waals surface area contributed by atoms with Gasteiger partial charge < -0.3 is 4.57 Å². The van der Waals surface area contributed by atoms with E-state index in [4.69, 9.17) is 0 Å². The van der Waals surface area contributed by atoms with Crippen molar-refractivity contribution in [3.63, 3.8) is 0 Å². The van der Waals surface area contributed by atoms with Gasteiger partial charge in [0.05, 0.1) is 5.56 Å². The van der Waals surface area contributed by atoms with E-state index < -0.39 is 11.7 Å². The molecule has 0 aliphatic heterocycles. The molecule has 0 amide bonds. The molecule has 1 heterocycles. The van der Waals surface area contributed by atoms with E-state index in [9.17, 15) is 18.0 Å². The van der Waals surface area contributed by atoms with Crippen LogP contribution in [0.25, 0.3) is 0 Å². The zero-order chi connectivity index (χ0) is 10.9. The van der Waals surface area contributed by atoms with Gasteiger partial charge in [-0.2, -0.15) is 13.2 Å². The van der Waals surface area contributed by atoms with E-state index in [1.165, 1.54) is 7.05 Å². The molecule has 1 rings (SSSR count). The van der Waals surface area contributed by atoms with Gasteiger partial charge in [0.25, 0.3) is 5.56 Å². The minimum absolute atomic E-state index is 0.183. The third kappa shape index (κ3) is 1.97. The number of aryl methyl sites for hydroxylation is 2. The van der Waals surface area contributed by atoms with Crippen molar-refractivity contribution in [3.05, 3.63) is 33.7 Å². The van der Waals surface area contributed by atoms with Crippen molar-refractivity contribution < 1.29 is 13.2 Å². The van der Waals surface area contributed by atoms with Gasteiger partial charge in [0.2, 0.25) is 0 Å². The van der Waals surface area contributed by atoms with Gasteiger partial charge in [0, 0.05) is 18.8 Å². The molecule has 0 aromatic carbocycles. The summed E-state index contributed by atoms with van der Waals surface area (Å²) in [7, 11) is 1.32. The predicted molar refractivity (Wildman–Crippen MR) is 46.1 cm³/mol. The van der Waals surface area contributed by atoms with Gasteiger partial charge in [0.1, 0.15) is 0 Å². The van der Waals surface area contributed by atoms with Gasteiger partial charge in [-0.25, -0.2) is 0 Å². The summed E-state index contributed by atoms with van der Waals surface area (Å²) in [6.45, 7) is 1.65. The molecule has 5 heteroatoms. The molecule has 0 fully saturated rings. The van der Waals surface area contributed by atoms with Crippen LogP contribution < -0.4 is 5.56 Å². The summed E-state index contributed by atoms with van der Waals surface area (Å²) >= 11 is 0. The first-order valence-corrected chi connectivity index (χ1v) is 4.13. The summed E-state index contributed by atoms with van der Waals surface area (Å²) in [6, 6.07) is 0.905. The molecule has 0 saturated heterocycles. The van der Waals surface area contributed by atoms with Crippen LogP contribution in [-0.2, 0) is 19.6 Å². The van der Waals surface area contributed by atoms with Crippen molar-refractivity contribution in [3.8, 4) is 0 Å². The Labute approximate surface area is 79.0 Å². The lowest BCUT2D eigenvalue weighted by Gasteiger charge is -2.09. The van der Waals surface area contributed by atoms with Gasteiger partial charge >= 0.3 is 6.18 Å². The number of halogens is 3. The average molecular weight is 205 g/mol. The van der Waals surface area contributed by atoms with Crippen LogP contribution >= 0.6 is 0 Å². The summed E-state index contributed by atoms with van der Waals surface area (Å²) < 4.78 is 37.9. The molecule has 0 saturated carbocycles. The van der Waals surface area contributed by atoms with Crippen molar-refractivity contribution in [1.29, 1.82) is 0 Å². The lowest BCUT2D eigenvalue weighted by Crippen LogP contribution is -2.23. The van der Waals surface area contributed by atoms with Gasteiger partial charge in [0.15, 0.2) is 0 Å². The van der Waals surface area contributed by atoms with Crippen LogP contribution in [0.15, 0.2) is 17.1 Å². The van der Waals surface area contributed by atoms with E-state index in [0.29, 0.717) is 6.42 Å². The molecule has 0 atom stereocenters. The number of rotatable bonds is 1. The zero-order valence-electron chi connectivity index (χ0n) is 7.85. The van der Waals surface area contributed by atoms with Crippen LogP contribution in [0.3, 0.4) is 0 Å². The van der Waals surface area contributed by atoms with Crippen LogP contribution in [0.4, 0.5) is 13.2 Å². The molecular formula is C9H10F3NO. The average Bonchev–Trinajstić information content (AvgIpc) is 2.07. The summed E-state index contributed by atoms with van der Waals surface area (Å²) in [5.41, 5.74) is -0.973. The van der Waals surface area contributed by atoms with E-state index in [2.05, 4.69) is 0 Å². The summed E-state index contributed by atoms with van der Waals surface area (Å²) in [6.07, 6.45) is -3.28. The molecule has 1 aromatic rings. The predicted octanol–water partition coefficient (Wildman–Crippen LogP) is 1.97. The second kappa shape index (κ2) is 3.48. The standard InChI is InChI=1S/C9H10F3NO/c1-3-6-4-7(9(10,11)12)5-13(2)8(6)14/h4-5H,3H2,1-2H3. The second-order valence-corrected chi connectivity index (χ2v) is 3.02. The van der Waals surface area contributed by atoms with Gasteiger partial charge in [-0.15, -0.1) is 0 Å². The first kappa shape index (κ1) is 10.8. The van der Waals surface area contributed by atoms with Crippen molar-refractivity contribution in [1.82, 2.24) is 4.57 Å². The maximum absolute atomic E-state index is 12.3. The molecule has 0 aliphatic carbocycles. The Morgan fingerprint density at radius 3 is 2.43 bits per heavy atom. The van der Waals surface area contributed by atoms with E-state index >= 15 is 0 Å². The Kier molecular flexibility index (Phi) is 2.69. The SMILES string of the molecule is CCc1cc(C(F)(F)F)cn(C)c1=O. The molecule has 1 aromatic heterocycles. The molecule has 78 valence electrons. The van der Waals surface area contributed by atoms with E-state index in [1.807, 2.05) is 0 Å². The molecule has 14 heavy (non-hydrogen) atoms. The zero-order valence-corrected chi connectivity index (χ0v) is 7.85. The monoisotopic (exact) mass is 205 g/mol. The summed E-state index contributed by atoms with van der Waals surface area (Å²) in [4.78, 5) is 11.3. The fraction of sp³-hybridized carbons (Fsp3) is 0.444. The van der Waals surface area contributed by atoms with Gasteiger partial charge in [-0.1, -0.05) is 6.92 Å². The Balaban J connectivity index is 3.38. The van der Waals surface area contributed by atoms with Crippen molar-refractivity contribution in [2.24, 2.45) is 7.05 Å². The van der Waals surface area contributed by atoms with Crippen LogP contribution in [0.5, 0.6) is 0 Å². The highest BCUT2D eigenvalue weighted by Gasteiger charge is 2.31. The third-order valence-corrected chi connectivity index (χ3v) is 1.97. The molecular weight excluding hydrogens is 195 g/mol. The van der Waals surface area contributed by atoms with Crippen molar-refractivity contribution in [2.75, 3.05) is 0 Å². The molecule has 0 spiro atoms. The minimum atomic E-state index is -4.39. The number of alkyl halides is 3. The normalized spacial score (nSPS) is 11.8. The molecule has 0 N–H and O–H groups in total. The third-order valence-electron chi connectivity index (χ3n) is 1.97. The number of pyridine rings is 1. The van der Waals surface area contributed by atoms with Crippen molar-refractivity contribution >= 4 is 0 Å². The highest BCUT2D eigenvalue weighted by Crippen LogP contribution is 2.28. The molecule has 0 radical (unpaired) electrons. The van der Waals surface area contributed by atoms with Crippen molar-refractivity contribution in [2.45, 2.75) is 19.5 Å². The Bertz CT molecular complexity index is 392. The first-order chi connectivity index (χ1) is 6.36. The van der Waals surface area contributed by atoms with Crippen LogP contribution in [0, 0.1) is 0 Å². The van der Waals surface area contributed by atoms with Crippen LogP contribution in [0.2, 0.25) is 0 Å². The number of nitrogens with zero attached hydrogens (tertiary/aromatic N) is 1. The molecule has 0 bridgehead atoms. The lowest BCUT2D eigenvalue weighted by molar-refractivity contribution is -0.138. The first-order valence-electron chi connectivity index (χ1n) is 4.13. The number of aromatic nitrogens is 1. The molecule has 2 nitrogen and oxygen atoms in total. The molecule has 0 unspecified atom stereocenters. The number of hydrogen-bond acceptors (Lipinski definition) is 1. The maximum atomic E-state index is 12.3. The quantitative estimate of drug-likeness (QED) is 0.687. The van der Waals surface area contributed by atoms with E-state index in [-0.39, 0.29) is 11.1 Å². The van der Waals surface area contributed by atoms with Gasteiger partial charge in [-0.3, -0.25) is 4.79 Å². The maximum Gasteiger partial charge on any atom is 0.417 e. The fourth-order valence-corrected chi connectivity index (χ4v) is 1.19. The van der Waals surface area contributed by atoms with E-state index in [1.54, 1.807) is 6.92 Å². The summed E-state index contributed by atoms with van der Waals surface area (Å²) in [5.74, 6) is 0. The van der Waals surface area contributed by atoms with Crippen LogP contribution in [-0.4, -0.2) is 4.57 Å². The van der Waals surface area contributed by atoms with Gasteiger partial charge in [-0.05, 0) is 12.5 Å². The van der Waals surface area contributed by atoms with Crippen LogP contribution in [0.1, 0.15) is 18.1 Å². The van der Waals surface area contributed by atoms with E-state index in [0.717, 1.165) is 16.8 Å². The molecule has 0 aliphatic rings. The highest BCUT2D eigenvalue weighted by atomic mass is 19.4. The Morgan fingerprint density at radius 1 is 1.43 bits per heavy atom. The minimum Gasteiger partial charge on any atom is -0.318 e. The topological polar surface area (TPSA) is 22.0 Å². The summed E-state index contributed by atoms with van der Waals surface area (Å²) in [5, 5.41) is 0. The lowest BCUT2D eigenvalue weighted by atomic mass is 10.1. The smallest absolute Gasteiger partial charge is 0.318 e. The second-order valence-electron chi connectivity index (χ2n) is 3.02. The highest BCUT2D eigenvalue weighted by molar-refractivity contribution is 5.21. The Morgan fingerprint density at radius 2 is 2.00 bits per heavy atom. The number of hydrogen-bond donors (Lipinski definition) is 0. The largest absolute Gasteiger partial charge is 0.417 e. The Hall–Kier alpha value is -1.26. The fourth-order valence-electron chi connectivity index (χ4n) is 1.19.